The number of hydrogen-bond donors (Lipinski definition) is 2. The number of benzene rings is 1. The minimum absolute atomic E-state index is 0.773. The van der Waals surface area contributed by atoms with Gasteiger partial charge in [0.1, 0.15) is 0 Å². The molecule has 0 spiro atoms. The van der Waals surface area contributed by atoms with Gasteiger partial charge in [-0.15, -0.1) is 22.7 Å². The van der Waals surface area contributed by atoms with Crippen LogP contribution < -0.4 is 11.1 Å². The lowest BCUT2D eigenvalue weighted by Gasteiger charge is -2.08. The summed E-state index contributed by atoms with van der Waals surface area (Å²) < 4.78 is 1.14. The third-order valence-corrected chi connectivity index (χ3v) is 4.58. The van der Waals surface area contributed by atoms with E-state index in [0.717, 1.165) is 44.6 Å². The highest BCUT2D eigenvalue weighted by Crippen LogP contribution is 2.29. The van der Waals surface area contributed by atoms with E-state index in [1.807, 2.05) is 30.6 Å². The van der Waals surface area contributed by atoms with Gasteiger partial charge in [-0.25, -0.2) is 9.97 Å². The Labute approximate surface area is 119 Å². The topological polar surface area (TPSA) is 63.8 Å². The van der Waals surface area contributed by atoms with Crippen LogP contribution in [0.25, 0.3) is 10.2 Å². The Morgan fingerprint density at radius 3 is 3.05 bits per heavy atom. The average Bonchev–Trinajstić information content (AvgIpc) is 2.98. The Balaban J connectivity index is 1.74. The summed E-state index contributed by atoms with van der Waals surface area (Å²) in [7, 11) is 0. The van der Waals surface area contributed by atoms with Gasteiger partial charge in [-0.05, 0) is 19.1 Å². The molecule has 2 heterocycles. The van der Waals surface area contributed by atoms with Crippen molar-refractivity contribution in [2.24, 2.45) is 0 Å². The molecule has 0 unspecified atom stereocenters. The molecule has 0 aliphatic rings. The largest absolute Gasteiger partial charge is 0.397 e. The van der Waals surface area contributed by atoms with Gasteiger partial charge in [0.05, 0.1) is 31.6 Å². The van der Waals surface area contributed by atoms with Crippen LogP contribution in [0.5, 0.6) is 0 Å². The number of hydrogen-bond acceptors (Lipinski definition) is 6. The monoisotopic (exact) mass is 290 g/mol. The van der Waals surface area contributed by atoms with Crippen LogP contribution in [0, 0.1) is 6.92 Å². The van der Waals surface area contributed by atoms with Crippen LogP contribution in [0.1, 0.15) is 10.0 Å². The van der Waals surface area contributed by atoms with Crippen molar-refractivity contribution in [3.05, 3.63) is 33.7 Å². The molecule has 3 rings (SSSR count). The Bertz CT molecular complexity index is 688. The van der Waals surface area contributed by atoms with E-state index < -0.39 is 0 Å². The Morgan fingerprint density at radius 1 is 1.37 bits per heavy atom. The molecular formula is C13H14N4S2. The normalized spacial score (nSPS) is 11.0. The molecule has 1 aromatic carbocycles. The molecule has 3 aromatic rings. The molecule has 0 aliphatic carbocycles. The van der Waals surface area contributed by atoms with Crippen molar-refractivity contribution in [3.63, 3.8) is 0 Å². The van der Waals surface area contributed by atoms with E-state index in [4.69, 9.17) is 5.73 Å². The first-order chi connectivity index (χ1) is 9.22. The maximum Gasteiger partial charge on any atom is 0.0942 e. The van der Waals surface area contributed by atoms with Gasteiger partial charge in [-0.3, -0.25) is 0 Å². The first kappa shape index (κ1) is 12.4. The SMILES string of the molecule is Cc1nc2cc(NCCc3nccs3)c(N)cc2s1. The summed E-state index contributed by atoms with van der Waals surface area (Å²) in [5.74, 6) is 0. The molecule has 0 radical (unpaired) electrons. The standard InChI is InChI=1S/C13H14N4S2/c1-8-17-11-7-10(9(14)6-12(11)19-8)15-3-2-13-16-4-5-18-13/h4-7,15H,2-3,14H2,1H3. The fourth-order valence-corrected chi connectivity index (χ4v) is 3.42. The summed E-state index contributed by atoms with van der Waals surface area (Å²) in [6, 6.07) is 4.02. The molecule has 0 saturated carbocycles. The van der Waals surface area contributed by atoms with E-state index in [1.54, 1.807) is 22.7 Å². The van der Waals surface area contributed by atoms with E-state index in [9.17, 15) is 0 Å². The lowest BCUT2D eigenvalue weighted by atomic mass is 10.2. The maximum atomic E-state index is 6.06. The van der Waals surface area contributed by atoms with E-state index in [2.05, 4.69) is 15.3 Å². The molecule has 0 amide bonds. The van der Waals surface area contributed by atoms with Gasteiger partial charge < -0.3 is 11.1 Å². The summed E-state index contributed by atoms with van der Waals surface area (Å²) in [5, 5.41) is 7.55. The predicted molar refractivity (Wildman–Crippen MR) is 83.1 cm³/mol. The van der Waals surface area contributed by atoms with Crippen molar-refractivity contribution >= 4 is 44.3 Å². The second-order valence-corrected chi connectivity index (χ2v) is 6.46. The first-order valence-corrected chi connectivity index (χ1v) is 7.71. The van der Waals surface area contributed by atoms with Crippen LogP contribution in [-0.2, 0) is 6.42 Å². The van der Waals surface area contributed by atoms with Crippen molar-refractivity contribution < 1.29 is 0 Å². The molecule has 0 saturated heterocycles. The lowest BCUT2D eigenvalue weighted by molar-refractivity contribution is 0.999. The van der Waals surface area contributed by atoms with Crippen molar-refractivity contribution in [2.45, 2.75) is 13.3 Å². The van der Waals surface area contributed by atoms with Crippen LogP contribution in [0.15, 0.2) is 23.7 Å². The van der Waals surface area contributed by atoms with Crippen LogP contribution in [-0.4, -0.2) is 16.5 Å². The molecule has 0 aliphatic heterocycles. The number of nitrogen functional groups attached to an aromatic ring is 1. The quantitative estimate of drug-likeness (QED) is 0.724. The molecule has 6 heteroatoms. The third kappa shape index (κ3) is 2.69. The molecule has 19 heavy (non-hydrogen) atoms. The van der Waals surface area contributed by atoms with E-state index in [-0.39, 0.29) is 0 Å². The zero-order chi connectivity index (χ0) is 13.2. The number of nitrogens with zero attached hydrogens (tertiary/aromatic N) is 2. The van der Waals surface area contributed by atoms with E-state index in [0.29, 0.717) is 0 Å². The van der Waals surface area contributed by atoms with Crippen molar-refractivity contribution in [1.29, 1.82) is 0 Å². The number of thiazole rings is 2. The Hall–Kier alpha value is -1.66. The Morgan fingerprint density at radius 2 is 2.26 bits per heavy atom. The number of nitrogens with two attached hydrogens (primary N) is 1. The summed E-state index contributed by atoms with van der Waals surface area (Å²) in [4.78, 5) is 8.75. The predicted octanol–water partition coefficient (Wildman–Crippen LogP) is 3.30. The van der Waals surface area contributed by atoms with Gasteiger partial charge in [0.2, 0.25) is 0 Å². The van der Waals surface area contributed by atoms with Crippen LogP contribution in [0.2, 0.25) is 0 Å². The second kappa shape index (κ2) is 5.14. The number of anilines is 2. The van der Waals surface area contributed by atoms with Crippen molar-refractivity contribution in [1.82, 2.24) is 9.97 Å². The van der Waals surface area contributed by atoms with Crippen molar-refractivity contribution in [3.8, 4) is 0 Å². The molecule has 0 fully saturated rings. The second-order valence-electron chi connectivity index (χ2n) is 4.24. The summed E-state index contributed by atoms with van der Waals surface area (Å²) in [6.07, 6.45) is 2.74. The van der Waals surface area contributed by atoms with Gasteiger partial charge in [0.25, 0.3) is 0 Å². The van der Waals surface area contributed by atoms with Crippen LogP contribution >= 0.6 is 22.7 Å². The molecule has 4 nitrogen and oxygen atoms in total. The number of aromatic nitrogens is 2. The van der Waals surface area contributed by atoms with E-state index in [1.165, 1.54) is 0 Å². The zero-order valence-electron chi connectivity index (χ0n) is 10.5. The van der Waals surface area contributed by atoms with Gasteiger partial charge in [-0.1, -0.05) is 0 Å². The highest BCUT2D eigenvalue weighted by molar-refractivity contribution is 7.18. The third-order valence-electron chi connectivity index (χ3n) is 2.80. The zero-order valence-corrected chi connectivity index (χ0v) is 12.1. The Kier molecular flexibility index (Phi) is 3.35. The molecule has 0 bridgehead atoms. The fourth-order valence-electron chi connectivity index (χ4n) is 1.94. The van der Waals surface area contributed by atoms with Gasteiger partial charge in [-0.2, -0.15) is 0 Å². The van der Waals surface area contributed by atoms with Crippen LogP contribution in [0.4, 0.5) is 11.4 Å². The molecule has 98 valence electrons. The molecular weight excluding hydrogens is 276 g/mol. The van der Waals surface area contributed by atoms with Gasteiger partial charge >= 0.3 is 0 Å². The lowest BCUT2D eigenvalue weighted by Crippen LogP contribution is -2.06. The highest BCUT2D eigenvalue weighted by Gasteiger charge is 2.06. The molecule has 3 N–H and O–H groups in total. The maximum absolute atomic E-state index is 6.06. The number of fused-ring (bicyclic) bond motifs is 1. The molecule has 2 aromatic heterocycles. The fraction of sp³-hybridized carbons (Fsp3) is 0.231. The van der Waals surface area contributed by atoms with Crippen molar-refractivity contribution in [2.75, 3.05) is 17.6 Å². The van der Waals surface area contributed by atoms with Crippen LogP contribution in [0.3, 0.4) is 0 Å². The minimum atomic E-state index is 0.773. The minimum Gasteiger partial charge on any atom is -0.397 e. The summed E-state index contributed by atoms with van der Waals surface area (Å²) in [6.45, 7) is 2.84. The summed E-state index contributed by atoms with van der Waals surface area (Å²) >= 11 is 3.34. The van der Waals surface area contributed by atoms with Gasteiger partial charge in [0.15, 0.2) is 0 Å². The molecule has 0 atom stereocenters. The average molecular weight is 290 g/mol. The van der Waals surface area contributed by atoms with E-state index >= 15 is 0 Å². The van der Waals surface area contributed by atoms with Gasteiger partial charge in [0, 0.05) is 24.5 Å². The highest BCUT2D eigenvalue weighted by atomic mass is 32.1. The number of nitrogens with one attached hydrogen (secondary N) is 1. The first-order valence-electron chi connectivity index (χ1n) is 6.01. The summed E-state index contributed by atoms with van der Waals surface area (Å²) in [5.41, 5.74) is 8.79. The smallest absolute Gasteiger partial charge is 0.0942 e. The number of aryl methyl sites for hydroxylation is 1. The number of rotatable bonds is 4.